The van der Waals surface area contributed by atoms with Gasteiger partial charge < -0.3 is 24.2 Å². The fraction of sp³-hybridized carbons (Fsp3) is 0.667. The Balaban J connectivity index is 1.40. The molecule has 3 rings (SSSR count). The van der Waals surface area contributed by atoms with E-state index >= 15 is 0 Å². The van der Waals surface area contributed by atoms with Gasteiger partial charge in [0, 0.05) is 45.2 Å². The van der Waals surface area contributed by atoms with Gasteiger partial charge in [-0.15, -0.1) is 0 Å². The minimum atomic E-state index is -0.500. The zero-order valence-corrected chi connectivity index (χ0v) is 21.7. The van der Waals surface area contributed by atoms with Crippen molar-refractivity contribution in [2.24, 2.45) is 5.92 Å². The molecule has 0 N–H and O–H groups in total. The third-order valence-electron chi connectivity index (χ3n) is 6.76. The Morgan fingerprint density at radius 1 is 0.914 bits per heavy atom. The van der Waals surface area contributed by atoms with Gasteiger partial charge in [-0.2, -0.15) is 0 Å². The number of hydrogen-bond acceptors (Lipinski definition) is 5. The molecule has 0 unspecified atom stereocenters. The highest BCUT2D eigenvalue weighted by atomic mass is 16.6. The second kappa shape index (κ2) is 12.3. The van der Waals surface area contributed by atoms with Crippen LogP contribution >= 0.6 is 0 Å². The Morgan fingerprint density at radius 3 is 2.06 bits per heavy atom. The minimum absolute atomic E-state index is 0.146. The first kappa shape index (κ1) is 26.8. The number of carbonyl (C=O) groups excluding carboxylic acids is 3. The third-order valence-corrected chi connectivity index (χ3v) is 6.76. The van der Waals surface area contributed by atoms with E-state index in [1.54, 1.807) is 9.80 Å². The van der Waals surface area contributed by atoms with E-state index in [4.69, 9.17) is 9.47 Å². The number of ether oxygens (including phenoxy) is 2. The molecule has 0 aromatic heterocycles. The number of rotatable bonds is 6. The minimum Gasteiger partial charge on any atom is -0.445 e. The molecular weight excluding hydrogens is 446 g/mol. The lowest BCUT2D eigenvalue weighted by Gasteiger charge is -2.39. The fourth-order valence-corrected chi connectivity index (χ4v) is 4.82. The van der Waals surface area contributed by atoms with Crippen molar-refractivity contribution in [3.63, 3.8) is 0 Å². The number of hydrogen-bond donors (Lipinski definition) is 0. The Bertz CT molecular complexity index is 838. The van der Waals surface area contributed by atoms with Gasteiger partial charge in [-0.3, -0.25) is 4.79 Å². The zero-order chi connectivity index (χ0) is 25.4. The monoisotopic (exact) mass is 487 g/mol. The summed E-state index contributed by atoms with van der Waals surface area (Å²) in [6, 6.07) is 9.80. The van der Waals surface area contributed by atoms with Crippen LogP contribution in [0.2, 0.25) is 0 Å². The van der Waals surface area contributed by atoms with Gasteiger partial charge in [0.05, 0.1) is 0 Å². The molecule has 1 aromatic rings. The summed E-state index contributed by atoms with van der Waals surface area (Å²) in [5, 5.41) is 0. The van der Waals surface area contributed by atoms with Crippen molar-refractivity contribution in [2.45, 2.75) is 78.0 Å². The van der Waals surface area contributed by atoms with Gasteiger partial charge in [0.25, 0.3) is 0 Å². The first-order valence-corrected chi connectivity index (χ1v) is 12.9. The molecule has 2 saturated heterocycles. The van der Waals surface area contributed by atoms with Crippen LogP contribution in [0.15, 0.2) is 30.3 Å². The molecule has 0 bridgehead atoms. The summed E-state index contributed by atoms with van der Waals surface area (Å²) in [4.78, 5) is 43.3. The number of likely N-dealkylation sites (tertiary alicyclic amines) is 2. The van der Waals surface area contributed by atoms with E-state index in [0.717, 1.165) is 31.2 Å². The quantitative estimate of drug-likeness (QED) is 0.582. The molecule has 8 nitrogen and oxygen atoms in total. The summed E-state index contributed by atoms with van der Waals surface area (Å²) in [5.41, 5.74) is 0.468. The average Bonchev–Trinajstić information content (AvgIpc) is 2.83. The number of nitrogens with zero attached hydrogens (tertiary/aromatic N) is 3. The Hall–Kier alpha value is -2.77. The summed E-state index contributed by atoms with van der Waals surface area (Å²) in [5.74, 6) is 0.455. The summed E-state index contributed by atoms with van der Waals surface area (Å²) in [6.07, 6.45) is 3.09. The molecule has 3 amide bonds. The Morgan fingerprint density at radius 2 is 1.49 bits per heavy atom. The van der Waals surface area contributed by atoms with Crippen molar-refractivity contribution in [2.75, 3.05) is 32.7 Å². The SMILES string of the molecule is CCN(C(=O)CC1CCN(C(=O)OC(C)(C)C)CC1)C1CCN(C(=O)OCc2ccccc2)CC1. The van der Waals surface area contributed by atoms with Crippen molar-refractivity contribution in [1.82, 2.24) is 14.7 Å². The first-order chi connectivity index (χ1) is 16.7. The first-order valence-electron chi connectivity index (χ1n) is 12.9. The van der Waals surface area contributed by atoms with E-state index in [2.05, 4.69) is 0 Å². The summed E-state index contributed by atoms with van der Waals surface area (Å²) >= 11 is 0. The lowest BCUT2D eigenvalue weighted by atomic mass is 9.92. The van der Waals surface area contributed by atoms with E-state index in [9.17, 15) is 14.4 Å². The van der Waals surface area contributed by atoms with Gasteiger partial charge in [-0.1, -0.05) is 30.3 Å². The van der Waals surface area contributed by atoms with E-state index < -0.39 is 5.60 Å². The molecule has 0 aliphatic carbocycles. The predicted molar refractivity (Wildman–Crippen MR) is 134 cm³/mol. The van der Waals surface area contributed by atoms with Crippen LogP contribution in [0.3, 0.4) is 0 Å². The molecule has 2 fully saturated rings. The van der Waals surface area contributed by atoms with Gasteiger partial charge in [0.1, 0.15) is 12.2 Å². The third kappa shape index (κ3) is 8.15. The van der Waals surface area contributed by atoms with Crippen molar-refractivity contribution < 1.29 is 23.9 Å². The molecule has 2 aliphatic rings. The van der Waals surface area contributed by atoms with Crippen LogP contribution in [0.25, 0.3) is 0 Å². The maximum absolute atomic E-state index is 13.1. The van der Waals surface area contributed by atoms with Gasteiger partial charge >= 0.3 is 12.2 Å². The average molecular weight is 488 g/mol. The molecule has 1 aromatic carbocycles. The Labute approximate surface area is 209 Å². The largest absolute Gasteiger partial charge is 0.445 e. The van der Waals surface area contributed by atoms with Crippen molar-refractivity contribution >= 4 is 18.1 Å². The molecule has 0 radical (unpaired) electrons. The number of piperidine rings is 2. The van der Waals surface area contributed by atoms with Crippen LogP contribution in [-0.2, 0) is 20.9 Å². The normalized spacial score (nSPS) is 17.7. The molecule has 194 valence electrons. The molecule has 0 spiro atoms. The van der Waals surface area contributed by atoms with E-state index in [1.165, 1.54) is 0 Å². The van der Waals surface area contributed by atoms with E-state index in [0.29, 0.717) is 39.1 Å². The van der Waals surface area contributed by atoms with Gasteiger partial charge in [0.2, 0.25) is 5.91 Å². The smallest absolute Gasteiger partial charge is 0.410 e. The molecule has 0 atom stereocenters. The highest BCUT2D eigenvalue weighted by Crippen LogP contribution is 2.25. The molecule has 8 heteroatoms. The number of amides is 3. The summed E-state index contributed by atoms with van der Waals surface area (Å²) in [6.45, 7) is 11.0. The lowest BCUT2D eigenvalue weighted by Crippen LogP contribution is -2.49. The topological polar surface area (TPSA) is 79.4 Å². The fourth-order valence-electron chi connectivity index (χ4n) is 4.82. The lowest BCUT2D eigenvalue weighted by molar-refractivity contribution is -0.135. The van der Waals surface area contributed by atoms with Crippen LogP contribution in [0.4, 0.5) is 9.59 Å². The van der Waals surface area contributed by atoms with Crippen LogP contribution < -0.4 is 0 Å². The van der Waals surface area contributed by atoms with E-state index in [-0.39, 0.29) is 36.7 Å². The van der Waals surface area contributed by atoms with Gasteiger partial charge in [-0.25, -0.2) is 9.59 Å². The van der Waals surface area contributed by atoms with Crippen LogP contribution in [0, 0.1) is 5.92 Å². The summed E-state index contributed by atoms with van der Waals surface area (Å²) < 4.78 is 10.9. The second-order valence-electron chi connectivity index (χ2n) is 10.6. The van der Waals surface area contributed by atoms with Gasteiger partial charge in [0.15, 0.2) is 0 Å². The standard InChI is InChI=1S/C27H41N3O5/c1-5-30(24(31)19-21-11-15-29(16-12-21)26(33)35-27(2,3)4)23-13-17-28(18-14-23)25(32)34-20-22-9-7-6-8-10-22/h6-10,21,23H,5,11-20H2,1-4H3. The molecule has 2 heterocycles. The Kier molecular flexibility index (Phi) is 9.40. The molecular formula is C27H41N3O5. The number of benzene rings is 1. The van der Waals surface area contributed by atoms with Crippen LogP contribution in [0.5, 0.6) is 0 Å². The van der Waals surface area contributed by atoms with Crippen molar-refractivity contribution in [3.05, 3.63) is 35.9 Å². The molecule has 0 saturated carbocycles. The van der Waals surface area contributed by atoms with Crippen molar-refractivity contribution in [3.8, 4) is 0 Å². The molecule has 2 aliphatic heterocycles. The van der Waals surface area contributed by atoms with Crippen LogP contribution in [0.1, 0.15) is 65.4 Å². The number of carbonyl (C=O) groups is 3. The van der Waals surface area contributed by atoms with Crippen molar-refractivity contribution in [1.29, 1.82) is 0 Å². The van der Waals surface area contributed by atoms with Gasteiger partial charge in [-0.05, 0) is 64.9 Å². The van der Waals surface area contributed by atoms with E-state index in [1.807, 2.05) is 62.9 Å². The zero-order valence-electron chi connectivity index (χ0n) is 21.7. The maximum Gasteiger partial charge on any atom is 0.410 e. The second-order valence-corrected chi connectivity index (χ2v) is 10.6. The maximum atomic E-state index is 13.1. The highest BCUT2D eigenvalue weighted by molar-refractivity contribution is 5.77. The highest BCUT2D eigenvalue weighted by Gasteiger charge is 2.32. The van der Waals surface area contributed by atoms with Crippen LogP contribution in [-0.4, -0.2) is 77.2 Å². The molecule has 35 heavy (non-hydrogen) atoms. The summed E-state index contributed by atoms with van der Waals surface area (Å²) in [7, 11) is 0. The predicted octanol–water partition coefficient (Wildman–Crippen LogP) is 4.67.